The molecule has 2 rings (SSSR count). The van der Waals surface area contributed by atoms with Crippen molar-refractivity contribution in [2.45, 2.75) is 52.1 Å². The van der Waals surface area contributed by atoms with Crippen molar-refractivity contribution in [3.05, 3.63) is 17.5 Å². The molecule has 1 heterocycles. The summed E-state index contributed by atoms with van der Waals surface area (Å²) < 4.78 is 7.30. The highest BCUT2D eigenvalue weighted by molar-refractivity contribution is 5.25. The van der Waals surface area contributed by atoms with E-state index in [-0.39, 0.29) is 0 Å². The summed E-state index contributed by atoms with van der Waals surface area (Å²) in [5, 5.41) is 8.02. The van der Waals surface area contributed by atoms with E-state index in [1.807, 2.05) is 6.20 Å². The zero-order valence-corrected chi connectivity index (χ0v) is 12.5. The van der Waals surface area contributed by atoms with Gasteiger partial charge in [-0.2, -0.15) is 5.10 Å². The summed E-state index contributed by atoms with van der Waals surface area (Å²) in [5.41, 5.74) is 2.85. The predicted molar refractivity (Wildman–Crippen MR) is 77.2 cm³/mol. The van der Waals surface area contributed by atoms with Gasteiger partial charge in [-0.25, -0.2) is 0 Å². The largest absolute Gasteiger partial charge is 0.383 e. The van der Waals surface area contributed by atoms with E-state index >= 15 is 0 Å². The number of ether oxygens (including phenoxy) is 1. The highest BCUT2D eigenvalue weighted by atomic mass is 16.5. The van der Waals surface area contributed by atoms with Crippen LogP contribution in [-0.2, 0) is 17.8 Å². The lowest BCUT2D eigenvalue weighted by Crippen LogP contribution is -2.19. The molecule has 0 atom stereocenters. The van der Waals surface area contributed by atoms with Crippen molar-refractivity contribution >= 4 is 0 Å². The molecule has 0 unspecified atom stereocenters. The van der Waals surface area contributed by atoms with Gasteiger partial charge in [-0.3, -0.25) is 4.68 Å². The Kier molecular flexibility index (Phi) is 5.40. The molecule has 0 bridgehead atoms. The van der Waals surface area contributed by atoms with Gasteiger partial charge in [0.1, 0.15) is 0 Å². The highest BCUT2D eigenvalue weighted by Gasteiger charge is 2.29. The van der Waals surface area contributed by atoms with Gasteiger partial charge in [0, 0.05) is 43.9 Å². The molecule has 0 aromatic carbocycles. The summed E-state index contributed by atoms with van der Waals surface area (Å²) in [6, 6.07) is 0. The zero-order valence-electron chi connectivity index (χ0n) is 12.5. The van der Waals surface area contributed by atoms with Crippen LogP contribution < -0.4 is 5.32 Å². The molecule has 1 aromatic rings. The fraction of sp³-hybridized carbons (Fsp3) is 0.800. The minimum absolute atomic E-state index is 0.736. The Morgan fingerprint density at radius 1 is 1.47 bits per heavy atom. The molecule has 1 aliphatic rings. The van der Waals surface area contributed by atoms with E-state index in [0.717, 1.165) is 38.1 Å². The molecule has 1 saturated carbocycles. The van der Waals surface area contributed by atoms with Crippen LogP contribution in [0.4, 0.5) is 0 Å². The summed E-state index contributed by atoms with van der Waals surface area (Å²) in [6.07, 6.45) is 5.92. The Morgan fingerprint density at radius 2 is 2.26 bits per heavy atom. The van der Waals surface area contributed by atoms with Crippen molar-refractivity contribution < 1.29 is 4.74 Å². The van der Waals surface area contributed by atoms with Gasteiger partial charge in [0.25, 0.3) is 0 Å². The van der Waals surface area contributed by atoms with Gasteiger partial charge in [-0.1, -0.05) is 13.8 Å². The van der Waals surface area contributed by atoms with Crippen LogP contribution in [0.5, 0.6) is 0 Å². The Labute approximate surface area is 116 Å². The number of aromatic nitrogens is 2. The Bertz CT molecular complexity index is 383. The monoisotopic (exact) mass is 265 g/mol. The lowest BCUT2D eigenvalue weighted by molar-refractivity contribution is 0.199. The summed E-state index contributed by atoms with van der Waals surface area (Å²) in [5.74, 6) is 1.49. The summed E-state index contributed by atoms with van der Waals surface area (Å²) >= 11 is 0. The van der Waals surface area contributed by atoms with Crippen LogP contribution in [0.3, 0.4) is 0 Å². The number of nitrogens with one attached hydrogen (secondary N) is 1. The molecule has 0 aliphatic heterocycles. The third-order valence-corrected chi connectivity index (χ3v) is 3.64. The van der Waals surface area contributed by atoms with Crippen LogP contribution in [0.25, 0.3) is 0 Å². The predicted octanol–water partition coefficient (Wildman–Crippen LogP) is 2.54. The molecular formula is C15H27N3O. The third-order valence-electron chi connectivity index (χ3n) is 3.64. The topological polar surface area (TPSA) is 39.1 Å². The lowest BCUT2D eigenvalue weighted by Gasteiger charge is -2.11. The van der Waals surface area contributed by atoms with E-state index in [1.54, 1.807) is 7.11 Å². The van der Waals surface area contributed by atoms with Crippen molar-refractivity contribution in [1.29, 1.82) is 0 Å². The SMILES string of the molecule is COCCNCc1cnn(CCC(C)C)c1C1CC1. The van der Waals surface area contributed by atoms with Gasteiger partial charge >= 0.3 is 0 Å². The normalized spacial score (nSPS) is 15.4. The molecule has 19 heavy (non-hydrogen) atoms. The van der Waals surface area contributed by atoms with Crippen LogP contribution >= 0.6 is 0 Å². The van der Waals surface area contributed by atoms with E-state index in [0.29, 0.717) is 0 Å². The van der Waals surface area contributed by atoms with Crippen molar-refractivity contribution in [2.75, 3.05) is 20.3 Å². The maximum Gasteiger partial charge on any atom is 0.0587 e. The molecule has 0 amide bonds. The fourth-order valence-electron chi connectivity index (χ4n) is 2.36. The number of methoxy groups -OCH3 is 1. The molecule has 4 nitrogen and oxygen atoms in total. The van der Waals surface area contributed by atoms with Gasteiger partial charge in [0.05, 0.1) is 12.8 Å². The van der Waals surface area contributed by atoms with Crippen molar-refractivity contribution in [3.63, 3.8) is 0 Å². The summed E-state index contributed by atoms with van der Waals surface area (Å²) in [7, 11) is 1.74. The molecule has 1 fully saturated rings. The fourth-order valence-corrected chi connectivity index (χ4v) is 2.36. The van der Waals surface area contributed by atoms with Gasteiger partial charge in [0.15, 0.2) is 0 Å². The number of rotatable bonds is 9. The van der Waals surface area contributed by atoms with Crippen LogP contribution in [0.2, 0.25) is 0 Å². The van der Waals surface area contributed by atoms with Crippen LogP contribution in [-0.4, -0.2) is 30.0 Å². The quantitative estimate of drug-likeness (QED) is 0.697. The first-order chi connectivity index (χ1) is 9.22. The van der Waals surface area contributed by atoms with Crippen LogP contribution in [0.1, 0.15) is 50.3 Å². The standard InChI is InChI=1S/C15H27N3O/c1-12(2)6-8-18-15(13-4-5-13)14(11-17-18)10-16-7-9-19-3/h11-13,16H,4-10H2,1-3H3. The first-order valence-corrected chi connectivity index (χ1v) is 7.46. The maximum atomic E-state index is 5.06. The second-order valence-electron chi connectivity index (χ2n) is 5.90. The van der Waals surface area contributed by atoms with Crippen LogP contribution in [0, 0.1) is 5.92 Å². The average molecular weight is 265 g/mol. The number of hydrogen-bond acceptors (Lipinski definition) is 3. The van der Waals surface area contributed by atoms with Gasteiger partial charge in [-0.05, 0) is 25.2 Å². The highest BCUT2D eigenvalue weighted by Crippen LogP contribution is 2.41. The van der Waals surface area contributed by atoms with Gasteiger partial charge in [-0.15, -0.1) is 0 Å². The van der Waals surface area contributed by atoms with Crippen molar-refractivity contribution in [2.24, 2.45) is 5.92 Å². The van der Waals surface area contributed by atoms with Crippen molar-refractivity contribution in [3.8, 4) is 0 Å². The minimum atomic E-state index is 0.736. The van der Waals surface area contributed by atoms with E-state index in [4.69, 9.17) is 4.74 Å². The Balaban J connectivity index is 1.94. The number of aryl methyl sites for hydroxylation is 1. The molecule has 4 heteroatoms. The van der Waals surface area contributed by atoms with E-state index in [2.05, 4.69) is 28.9 Å². The zero-order chi connectivity index (χ0) is 13.7. The maximum absolute atomic E-state index is 5.06. The molecule has 0 radical (unpaired) electrons. The molecular weight excluding hydrogens is 238 g/mol. The van der Waals surface area contributed by atoms with Crippen molar-refractivity contribution in [1.82, 2.24) is 15.1 Å². The lowest BCUT2D eigenvalue weighted by atomic mass is 10.1. The number of hydrogen-bond donors (Lipinski definition) is 1. The van der Waals surface area contributed by atoms with E-state index < -0.39 is 0 Å². The molecule has 0 spiro atoms. The first-order valence-electron chi connectivity index (χ1n) is 7.46. The van der Waals surface area contributed by atoms with Crippen LogP contribution in [0.15, 0.2) is 6.20 Å². The molecule has 108 valence electrons. The average Bonchev–Trinajstić information content (AvgIpc) is 3.14. The second-order valence-corrected chi connectivity index (χ2v) is 5.90. The third kappa shape index (κ3) is 4.32. The Hall–Kier alpha value is -0.870. The van der Waals surface area contributed by atoms with E-state index in [9.17, 15) is 0 Å². The molecule has 1 aliphatic carbocycles. The molecule has 0 saturated heterocycles. The van der Waals surface area contributed by atoms with Gasteiger partial charge in [0.2, 0.25) is 0 Å². The van der Waals surface area contributed by atoms with Gasteiger partial charge < -0.3 is 10.1 Å². The molecule has 1 N–H and O–H groups in total. The second kappa shape index (κ2) is 7.06. The number of nitrogens with zero attached hydrogens (tertiary/aromatic N) is 2. The minimum Gasteiger partial charge on any atom is -0.383 e. The Morgan fingerprint density at radius 3 is 2.89 bits per heavy atom. The first kappa shape index (κ1) is 14.5. The summed E-state index contributed by atoms with van der Waals surface area (Å²) in [6.45, 7) is 8.18. The molecule has 1 aromatic heterocycles. The summed E-state index contributed by atoms with van der Waals surface area (Å²) in [4.78, 5) is 0. The smallest absolute Gasteiger partial charge is 0.0587 e. The van der Waals surface area contributed by atoms with E-state index in [1.165, 1.54) is 30.5 Å².